The molecule has 0 atom stereocenters. The van der Waals surface area contributed by atoms with E-state index in [9.17, 15) is 4.79 Å². The summed E-state index contributed by atoms with van der Waals surface area (Å²) < 4.78 is 0. The maximum atomic E-state index is 11.2. The summed E-state index contributed by atoms with van der Waals surface area (Å²) in [5, 5.41) is 0. The maximum absolute atomic E-state index is 11.2. The van der Waals surface area contributed by atoms with Crippen molar-refractivity contribution in [1.29, 1.82) is 0 Å². The van der Waals surface area contributed by atoms with Crippen LogP contribution in [-0.4, -0.2) is 9.97 Å². The molecule has 1 fully saturated rings. The third kappa shape index (κ3) is 2.01. The van der Waals surface area contributed by atoms with E-state index in [0.29, 0.717) is 18.2 Å². The molecule has 1 aromatic rings. The lowest BCUT2D eigenvalue weighted by Gasteiger charge is -2.24. The Kier molecular flexibility index (Phi) is 2.63. The van der Waals surface area contributed by atoms with Gasteiger partial charge in [0.05, 0.1) is 5.69 Å². The van der Waals surface area contributed by atoms with E-state index in [2.05, 4.69) is 9.97 Å². The average molecular weight is 193 g/mol. The number of hydrogen-bond acceptors (Lipinski definition) is 3. The molecule has 1 aliphatic rings. The van der Waals surface area contributed by atoms with Crippen molar-refractivity contribution >= 4 is 0 Å². The molecule has 4 nitrogen and oxygen atoms in total. The summed E-state index contributed by atoms with van der Waals surface area (Å²) >= 11 is 0. The first-order valence-corrected chi connectivity index (χ1v) is 5.07. The topological polar surface area (TPSA) is 71.8 Å². The minimum atomic E-state index is -0.0882. The highest BCUT2D eigenvalue weighted by Gasteiger charge is 2.18. The van der Waals surface area contributed by atoms with Gasteiger partial charge >= 0.3 is 0 Å². The molecule has 0 radical (unpaired) electrons. The van der Waals surface area contributed by atoms with E-state index < -0.39 is 0 Å². The van der Waals surface area contributed by atoms with Crippen molar-refractivity contribution in [1.82, 2.24) is 9.97 Å². The first-order valence-electron chi connectivity index (χ1n) is 5.07. The van der Waals surface area contributed by atoms with Gasteiger partial charge in [-0.2, -0.15) is 0 Å². The van der Waals surface area contributed by atoms with Gasteiger partial charge in [0.15, 0.2) is 0 Å². The third-order valence-corrected chi connectivity index (χ3v) is 2.76. The molecule has 0 bridgehead atoms. The van der Waals surface area contributed by atoms with Crippen LogP contribution in [0.3, 0.4) is 0 Å². The predicted octanol–water partition coefficient (Wildman–Crippen LogP) is 0.571. The molecule has 2 rings (SSSR count). The fourth-order valence-corrected chi connectivity index (χ4v) is 1.73. The fourth-order valence-electron chi connectivity index (χ4n) is 1.73. The minimum Gasteiger partial charge on any atom is -0.325 e. The lowest BCUT2D eigenvalue weighted by atomic mass is 9.83. The summed E-state index contributed by atoms with van der Waals surface area (Å²) in [6.07, 6.45) is 4.72. The number of rotatable bonds is 3. The van der Waals surface area contributed by atoms with Crippen LogP contribution in [0.1, 0.15) is 30.8 Å². The van der Waals surface area contributed by atoms with Crippen LogP contribution in [-0.2, 0) is 13.0 Å². The predicted molar refractivity (Wildman–Crippen MR) is 53.8 cm³/mol. The molecule has 4 heteroatoms. The SMILES string of the molecule is NCc1cc(=O)[nH]c(CC2CCC2)n1. The summed E-state index contributed by atoms with van der Waals surface area (Å²) in [5.41, 5.74) is 6.04. The van der Waals surface area contributed by atoms with Gasteiger partial charge in [0, 0.05) is 19.0 Å². The second kappa shape index (κ2) is 3.92. The summed E-state index contributed by atoms with van der Waals surface area (Å²) in [5.74, 6) is 1.51. The molecule has 76 valence electrons. The van der Waals surface area contributed by atoms with Gasteiger partial charge < -0.3 is 10.7 Å². The van der Waals surface area contributed by atoms with E-state index >= 15 is 0 Å². The Morgan fingerprint density at radius 2 is 2.36 bits per heavy atom. The number of nitrogens with one attached hydrogen (secondary N) is 1. The Labute approximate surface area is 82.6 Å². The average Bonchev–Trinajstić information content (AvgIpc) is 2.10. The van der Waals surface area contributed by atoms with Gasteiger partial charge in [0.1, 0.15) is 5.82 Å². The molecule has 0 saturated heterocycles. The van der Waals surface area contributed by atoms with Crippen molar-refractivity contribution in [3.05, 3.63) is 27.9 Å². The second-order valence-corrected chi connectivity index (χ2v) is 3.89. The lowest BCUT2D eigenvalue weighted by molar-refractivity contribution is 0.309. The van der Waals surface area contributed by atoms with Gasteiger partial charge in [0.2, 0.25) is 0 Å². The molecule has 1 saturated carbocycles. The fraction of sp³-hybridized carbons (Fsp3) is 0.600. The van der Waals surface area contributed by atoms with Gasteiger partial charge in [-0.1, -0.05) is 19.3 Å². The molecule has 14 heavy (non-hydrogen) atoms. The van der Waals surface area contributed by atoms with Gasteiger partial charge in [-0.25, -0.2) is 4.98 Å². The normalized spacial score (nSPS) is 16.6. The molecule has 0 unspecified atom stereocenters. The van der Waals surface area contributed by atoms with Crippen LogP contribution in [0.25, 0.3) is 0 Å². The van der Waals surface area contributed by atoms with E-state index in [1.165, 1.54) is 25.3 Å². The monoisotopic (exact) mass is 193 g/mol. The summed E-state index contributed by atoms with van der Waals surface area (Å²) in [6, 6.07) is 1.46. The number of aromatic amines is 1. The van der Waals surface area contributed by atoms with Gasteiger partial charge in [-0.15, -0.1) is 0 Å². The molecule has 0 aliphatic heterocycles. The van der Waals surface area contributed by atoms with Crippen LogP contribution in [0.4, 0.5) is 0 Å². The number of hydrogen-bond donors (Lipinski definition) is 2. The highest BCUT2D eigenvalue weighted by atomic mass is 16.1. The number of nitrogens with two attached hydrogens (primary N) is 1. The Hall–Kier alpha value is -1.16. The van der Waals surface area contributed by atoms with Crippen molar-refractivity contribution in [2.24, 2.45) is 11.7 Å². The van der Waals surface area contributed by atoms with Gasteiger partial charge in [-0.3, -0.25) is 4.79 Å². The molecule has 1 aromatic heterocycles. The van der Waals surface area contributed by atoms with Gasteiger partial charge in [-0.05, 0) is 5.92 Å². The van der Waals surface area contributed by atoms with Crippen LogP contribution < -0.4 is 11.3 Å². The van der Waals surface area contributed by atoms with Crippen LogP contribution >= 0.6 is 0 Å². The van der Waals surface area contributed by atoms with Crippen molar-refractivity contribution in [2.45, 2.75) is 32.2 Å². The standard InChI is InChI=1S/C10H15N3O/c11-6-8-5-10(14)13-9(12-8)4-7-2-1-3-7/h5,7H,1-4,6,11H2,(H,12,13,14). The molecular weight excluding hydrogens is 178 g/mol. The molecular formula is C10H15N3O. The molecule has 0 aromatic carbocycles. The van der Waals surface area contributed by atoms with Crippen LogP contribution in [0.2, 0.25) is 0 Å². The van der Waals surface area contributed by atoms with E-state index in [0.717, 1.165) is 12.2 Å². The zero-order chi connectivity index (χ0) is 9.97. The Morgan fingerprint density at radius 3 is 2.93 bits per heavy atom. The zero-order valence-electron chi connectivity index (χ0n) is 8.12. The van der Waals surface area contributed by atoms with E-state index in [4.69, 9.17) is 5.73 Å². The van der Waals surface area contributed by atoms with Crippen LogP contribution in [0, 0.1) is 5.92 Å². The van der Waals surface area contributed by atoms with Crippen molar-refractivity contribution in [3.8, 4) is 0 Å². The van der Waals surface area contributed by atoms with Crippen LogP contribution in [0.15, 0.2) is 10.9 Å². The van der Waals surface area contributed by atoms with Crippen molar-refractivity contribution < 1.29 is 0 Å². The number of H-pyrrole nitrogens is 1. The molecule has 0 spiro atoms. The van der Waals surface area contributed by atoms with E-state index in [1.54, 1.807) is 0 Å². The zero-order valence-corrected chi connectivity index (χ0v) is 8.12. The smallest absolute Gasteiger partial charge is 0.251 e. The van der Waals surface area contributed by atoms with E-state index in [1.807, 2.05) is 0 Å². The molecule has 3 N–H and O–H groups in total. The third-order valence-electron chi connectivity index (χ3n) is 2.76. The quantitative estimate of drug-likeness (QED) is 0.737. The summed E-state index contributed by atoms with van der Waals surface area (Å²) in [7, 11) is 0. The van der Waals surface area contributed by atoms with Gasteiger partial charge in [0.25, 0.3) is 5.56 Å². The van der Waals surface area contributed by atoms with Crippen molar-refractivity contribution in [2.75, 3.05) is 0 Å². The largest absolute Gasteiger partial charge is 0.325 e. The summed E-state index contributed by atoms with van der Waals surface area (Å²) in [4.78, 5) is 18.3. The Morgan fingerprint density at radius 1 is 1.57 bits per heavy atom. The Bertz CT molecular complexity index is 368. The molecule has 1 heterocycles. The highest BCUT2D eigenvalue weighted by Crippen LogP contribution is 2.28. The lowest BCUT2D eigenvalue weighted by Crippen LogP contribution is -2.20. The van der Waals surface area contributed by atoms with Crippen LogP contribution in [0.5, 0.6) is 0 Å². The molecule has 1 aliphatic carbocycles. The second-order valence-electron chi connectivity index (χ2n) is 3.89. The number of aromatic nitrogens is 2. The molecule has 0 amide bonds. The first-order chi connectivity index (χ1) is 6.78. The Balaban J connectivity index is 2.15. The van der Waals surface area contributed by atoms with E-state index in [-0.39, 0.29) is 5.56 Å². The maximum Gasteiger partial charge on any atom is 0.251 e. The van der Waals surface area contributed by atoms with Crippen molar-refractivity contribution in [3.63, 3.8) is 0 Å². The summed E-state index contributed by atoms with van der Waals surface area (Å²) in [6.45, 7) is 0.335. The number of nitrogens with zero attached hydrogens (tertiary/aromatic N) is 1. The highest BCUT2D eigenvalue weighted by molar-refractivity contribution is 5.03. The first kappa shape index (κ1) is 9.40. The minimum absolute atomic E-state index is 0.0882.